The lowest BCUT2D eigenvalue weighted by atomic mass is 10.0. The molecule has 11 heteroatoms. The molecule has 0 saturated heterocycles. The first-order chi connectivity index (χ1) is 13.4. The van der Waals surface area contributed by atoms with Crippen molar-refractivity contribution in [3.8, 4) is 0 Å². The van der Waals surface area contributed by atoms with E-state index in [1.165, 1.54) is 30.2 Å². The summed E-state index contributed by atoms with van der Waals surface area (Å²) in [6.07, 6.45) is 3.70. The Morgan fingerprint density at radius 3 is 2.82 bits per heavy atom. The largest absolute Gasteiger partial charge is 0.311 e. The number of aromatic nitrogens is 4. The van der Waals surface area contributed by atoms with E-state index in [1.54, 1.807) is 27.8 Å². The fraction of sp³-hybridized carbons (Fsp3) is 0.529. The molecule has 1 fully saturated rings. The van der Waals surface area contributed by atoms with Crippen LogP contribution in [0.3, 0.4) is 0 Å². The highest BCUT2D eigenvalue weighted by molar-refractivity contribution is 7.99. The van der Waals surface area contributed by atoms with Gasteiger partial charge in [-0.2, -0.15) is 0 Å². The molecule has 0 atom stereocenters. The summed E-state index contributed by atoms with van der Waals surface area (Å²) < 4.78 is 27.7. The summed E-state index contributed by atoms with van der Waals surface area (Å²) in [5, 5.41) is 12.4. The van der Waals surface area contributed by atoms with Gasteiger partial charge < -0.3 is 4.90 Å². The molecule has 4 rings (SSSR count). The first-order valence-corrected chi connectivity index (χ1v) is 11.6. The van der Waals surface area contributed by atoms with Crippen LogP contribution in [0.1, 0.15) is 30.9 Å². The SMILES string of the molecule is CN(C)S(=O)(=O)c1ccc2c(c1)CCCN2C(=O)CSc1nnnn1C1CC1. The van der Waals surface area contributed by atoms with Crippen molar-refractivity contribution >= 4 is 33.4 Å². The van der Waals surface area contributed by atoms with Gasteiger partial charge in [-0.15, -0.1) is 5.10 Å². The Balaban J connectivity index is 1.50. The van der Waals surface area contributed by atoms with Crippen LogP contribution in [0.5, 0.6) is 0 Å². The normalized spacial score (nSPS) is 17.0. The van der Waals surface area contributed by atoms with E-state index in [-0.39, 0.29) is 16.6 Å². The average molecular weight is 423 g/mol. The third-order valence-corrected chi connectivity index (χ3v) is 7.66. The highest BCUT2D eigenvalue weighted by Crippen LogP contribution is 2.36. The molecular formula is C17H22N6O3S2. The molecular weight excluding hydrogens is 400 g/mol. The second-order valence-electron chi connectivity index (χ2n) is 7.15. The number of fused-ring (bicyclic) bond motifs is 1. The van der Waals surface area contributed by atoms with Crippen molar-refractivity contribution in [2.45, 2.75) is 41.8 Å². The zero-order chi connectivity index (χ0) is 19.9. The predicted molar refractivity (Wildman–Crippen MR) is 105 cm³/mol. The van der Waals surface area contributed by atoms with Gasteiger partial charge in [0.05, 0.1) is 16.7 Å². The Morgan fingerprint density at radius 1 is 1.32 bits per heavy atom. The van der Waals surface area contributed by atoms with Crippen molar-refractivity contribution in [2.24, 2.45) is 0 Å². The van der Waals surface area contributed by atoms with Gasteiger partial charge >= 0.3 is 0 Å². The molecule has 1 aliphatic heterocycles. The maximum absolute atomic E-state index is 12.8. The van der Waals surface area contributed by atoms with E-state index < -0.39 is 10.0 Å². The van der Waals surface area contributed by atoms with Crippen molar-refractivity contribution in [3.05, 3.63) is 23.8 Å². The van der Waals surface area contributed by atoms with Crippen LogP contribution in [0.4, 0.5) is 5.69 Å². The number of thioether (sulfide) groups is 1. The number of carbonyl (C=O) groups excluding carboxylic acids is 1. The first-order valence-electron chi connectivity index (χ1n) is 9.14. The Labute approximate surface area is 168 Å². The minimum atomic E-state index is -3.49. The molecule has 1 aliphatic carbocycles. The summed E-state index contributed by atoms with van der Waals surface area (Å²) >= 11 is 1.34. The average Bonchev–Trinajstić information content (AvgIpc) is 3.42. The van der Waals surface area contributed by atoms with Crippen molar-refractivity contribution in [1.82, 2.24) is 24.5 Å². The Morgan fingerprint density at radius 2 is 2.11 bits per heavy atom. The fourth-order valence-corrected chi connectivity index (χ4v) is 5.01. The van der Waals surface area contributed by atoms with Gasteiger partial charge in [0.1, 0.15) is 0 Å². The van der Waals surface area contributed by atoms with Crippen molar-refractivity contribution in [1.29, 1.82) is 0 Å². The van der Waals surface area contributed by atoms with Crippen LogP contribution >= 0.6 is 11.8 Å². The number of rotatable bonds is 6. The van der Waals surface area contributed by atoms with E-state index in [9.17, 15) is 13.2 Å². The van der Waals surface area contributed by atoms with E-state index in [2.05, 4.69) is 15.5 Å². The Hall–Kier alpha value is -1.98. The lowest BCUT2D eigenvalue weighted by molar-refractivity contribution is -0.116. The molecule has 1 saturated carbocycles. The second kappa shape index (κ2) is 7.45. The van der Waals surface area contributed by atoms with Gasteiger partial charge in [-0.25, -0.2) is 17.4 Å². The lowest BCUT2D eigenvalue weighted by Gasteiger charge is -2.30. The van der Waals surface area contributed by atoms with Crippen LogP contribution in [0.15, 0.2) is 28.3 Å². The summed E-state index contributed by atoms with van der Waals surface area (Å²) in [7, 11) is -0.472. The van der Waals surface area contributed by atoms with E-state index in [4.69, 9.17) is 0 Å². The predicted octanol–water partition coefficient (Wildman–Crippen LogP) is 1.33. The minimum absolute atomic E-state index is 0.0282. The standard InChI is InChI=1S/C17H22N6O3S2/c1-21(2)28(25,26)14-7-8-15-12(10-14)4-3-9-22(15)16(24)11-27-17-18-19-20-23(17)13-5-6-13/h7-8,10,13H,3-6,9,11H2,1-2H3. The molecule has 9 nitrogen and oxygen atoms in total. The highest BCUT2D eigenvalue weighted by atomic mass is 32.2. The van der Waals surface area contributed by atoms with Gasteiger partial charge in [-0.3, -0.25) is 4.79 Å². The summed E-state index contributed by atoms with van der Waals surface area (Å²) in [5.74, 6) is 0.212. The topological polar surface area (TPSA) is 101 Å². The maximum Gasteiger partial charge on any atom is 0.242 e. The smallest absolute Gasteiger partial charge is 0.242 e. The zero-order valence-electron chi connectivity index (χ0n) is 15.8. The van der Waals surface area contributed by atoms with Crippen LogP contribution in [-0.4, -0.2) is 65.2 Å². The quantitative estimate of drug-likeness (QED) is 0.647. The molecule has 0 bridgehead atoms. The lowest BCUT2D eigenvalue weighted by Crippen LogP contribution is -2.37. The molecule has 0 radical (unpaired) electrons. The first kappa shape index (κ1) is 19.3. The van der Waals surface area contributed by atoms with E-state index in [0.717, 1.165) is 36.9 Å². The highest BCUT2D eigenvalue weighted by Gasteiger charge is 2.29. The number of aryl methyl sites for hydroxylation is 1. The number of nitrogens with zero attached hydrogens (tertiary/aromatic N) is 6. The van der Waals surface area contributed by atoms with E-state index in [0.29, 0.717) is 17.7 Å². The summed E-state index contributed by atoms with van der Waals surface area (Å²) in [6.45, 7) is 0.625. The Kier molecular flexibility index (Phi) is 5.15. The number of anilines is 1. The monoisotopic (exact) mass is 422 g/mol. The molecule has 2 aromatic rings. The Bertz CT molecular complexity index is 1000. The van der Waals surface area contributed by atoms with Crippen molar-refractivity contribution in [3.63, 3.8) is 0 Å². The molecule has 0 spiro atoms. The van der Waals surface area contributed by atoms with Crippen LogP contribution < -0.4 is 4.90 Å². The molecule has 2 aliphatic rings. The number of carbonyl (C=O) groups is 1. The number of sulfonamides is 1. The van der Waals surface area contributed by atoms with E-state index in [1.807, 2.05) is 0 Å². The molecule has 150 valence electrons. The number of hydrogen-bond donors (Lipinski definition) is 0. The second-order valence-corrected chi connectivity index (χ2v) is 10.2. The van der Waals surface area contributed by atoms with Gasteiger partial charge in [-0.1, -0.05) is 11.8 Å². The molecule has 0 unspecified atom stereocenters. The van der Waals surface area contributed by atoms with Gasteiger partial charge in [0.25, 0.3) is 0 Å². The van der Waals surface area contributed by atoms with Crippen LogP contribution in [0.2, 0.25) is 0 Å². The molecule has 2 heterocycles. The molecule has 1 aromatic carbocycles. The van der Waals surface area contributed by atoms with Gasteiger partial charge in [0.2, 0.25) is 21.1 Å². The summed E-state index contributed by atoms with van der Waals surface area (Å²) in [4.78, 5) is 14.8. The van der Waals surface area contributed by atoms with Crippen molar-refractivity contribution < 1.29 is 13.2 Å². The summed E-state index contributed by atoms with van der Waals surface area (Å²) in [5.41, 5.74) is 1.67. The van der Waals surface area contributed by atoms with E-state index >= 15 is 0 Å². The minimum Gasteiger partial charge on any atom is -0.311 e. The van der Waals surface area contributed by atoms with Gasteiger partial charge in [0.15, 0.2) is 0 Å². The van der Waals surface area contributed by atoms with Gasteiger partial charge in [-0.05, 0) is 59.9 Å². The molecule has 1 amide bonds. The van der Waals surface area contributed by atoms with Crippen LogP contribution in [-0.2, 0) is 21.2 Å². The molecule has 0 N–H and O–H groups in total. The van der Waals surface area contributed by atoms with Gasteiger partial charge in [0, 0.05) is 26.3 Å². The number of amides is 1. The molecule has 1 aromatic heterocycles. The third-order valence-electron chi connectivity index (χ3n) is 4.93. The van der Waals surface area contributed by atoms with Crippen molar-refractivity contribution in [2.75, 3.05) is 31.3 Å². The summed E-state index contributed by atoms with van der Waals surface area (Å²) in [6, 6.07) is 5.35. The number of hydrogen-bond acceptors (Lipinski definition) is 7. The number of tetrazole rings is 1. The maximum atomic E-state index is 12.8. The third kappa shape index (κ3) is 3.65. The van der Waals surface area contributed by atoms with Crippen LogP contribution in [0, 0.1) is 0 Å². The number of benzene rings is 1. The zero-order valence-corrected chi connectivity index (χ0v) is 17.4. The van der Waals surface area contributed by atoms with Crippen LogP contribution in [0.25, 0.3) is 0 Å². The molecule has 28 heavy (non-hydrogen) atoms. The fourth-order valence-electron chi connectivity index (χ4n) is 3.24.